The molecule has 0 fully saturated rings. The Hall–Kier alpha value is -1.15. The lowest BCUT2D eigenvalue weighted by Crippen LogP contribution is -3.00. The van der Waals surface area contributed by atoms with E-state index in [-0.39, 0.29) is 17.0 Å². The minimum absolute atomic E-state index is 0. The lowest BCUT2D eigenvalue weighted by molar-refractivity contribution is -0.688. The molecule has 0 unspecified atom stereocenters. The minimum Gasteiger partial charge on any atom is -1.00 e. The third-order valence-electron chi connectivity index (χ3n) is 2.71. The number of aryl methyl sites for hydroxylation is 2. The van der Waals surface area contributed by atoms with Gasteiger partial charge >= 0.3 is 0 Å². The average molecular weight is 278 g/mol. The first-order valence-corrected chi connectivity index (χ1v) is 5.26. The second kappa shape index (κ2) is 5.80. The lowest BCUT2D eigenvalue weighted by atomic mass is 10.2. The molecule has 0 saturated carbocycles. The fraction of sp³-hybridized carbons (Fsp3) is 0.214. The van der Waals surface area contributed by atoms with Crippen molar-refractivity contribution in [3.05, 3.63) is 65.5 Å². The number of benzene rings is 1. The molecule has 1 aromatic carbocycles. The second-order valence-corrected chi connectivity index (χ2v) is 3.97. The van der Waals surface area contributed by atoms with Gasteiger partial charge < -0.3 is 17.0 Å². The molecule has 0 saturated heterocycles. The van der Waals surface area contributed by atoms with E-state index in [0.717, 1.165) is 6.54 Å². The summed E-state index contributed by atoms with van der Waals surface area (Å²) in [7, 11) is 0. The van der Waals surface area contributed by atoms with Gasteiger partial charge in [0.2, 0.25) is 0 Å². The highest BCUT2D eigenvalue weighted by molar-refractivity contribution is 5.17. The molecular formula is C14H16BrN. The molecule has 2 heteroatoms. The number of rotatable bonds is 2. The number of hydrogen-bond acceptors (Lipinski definition) is 0. The molecule has 0 atom stereocenters. The van der Waals surface area contributed by atoms with E-state index in [1.165, 1.54) is 16.7 Å². The first-order valence-electron chi connectivity index (χ1n) is 5.26. The van der Waals surface area contributed by atoms with Gasteiger partial charge in [0.15, 0.2) is 18.9 Å². The fourth-order valence-electron chi connectivity index (χ4n) is 1.63. The van der Waals surface area contributed by atoms with Crippen molar-refractivity contribution >= 4 is 0 Å². The maximum Gasteiger partial charge on any atom is 0.173 e. The summed E-state index contributed by atoms with van der Waals surface area (Å²) in [5, 5.41) is 0. The monoisotopic (exact) mass is 277 g/mol. The highest BCUT2D eigenvalue weighted by Gasteiger charge is 2.03. The molecule has 16 heavy (non-hydrogen) atoms. The van der Waals surface area contributed by atoms with Crippen molar-refractivity contribution in [3.8, 4) is 0 Å². The Morgan fingerprint density at radius 1 is 0.938 bits per heavy atom. The van der Waals surface area contributed by atoms with Crippen LogP contribution in [0, 0.1) is 13.8 Å². The molecule has 1 nitrogen and oxygen atoms in total. The van der Waals surface area contributed by atoms with E-state index in [9.17, 15) is 0 Å². The van der Waals surface area contributed by atoms with Crippen molar-refractivity contribution in [2.24, 2.45) is 0 Å². The zero-order valence-corrected chi connectivity index (χ0v) is 11.2. The summed E-state index contributed by atoms with van der Waals surface area (Å²) < 4.78 is 2.22. The van der Waals surface area contributed by atoms with E-state index < -0.39 is 0 Å². The molecule has 0 aliphatic rings. The van der Waals surface area contributed by atoms with Crippen LogP contribution in [0.5, 0.6) is 0 Å². The molecule has 1 aromatic heterocycles. The summed E-state index contributed by atoms with van der Waals surface area (Å²) in [6, 6.07) is 12.7. The fourth-order valence-corrected chi connectivity index (χ4v) is 1.63. The van der Waals surface area contributed by atoms with E-state index in [1.54, 1.807) is 0 Å². The molecule has 0 aliphatic carbocycles. The Balaban J connectivity index is 0.00000128. The first kappa shape index (κ1) is 12.9. The molecule has 0 spiro atoms. The Morgan fingerprint density at radius 2 is 1.62 bits per heavy atom. The maximum atomic E-state index is 2.22. The van der Waals surface area contributed by atoms with E-state index in [0.29, 0.717) is 0 Å². The summed E-state index contributed by atoms with van der Waals surface area (Å²) in [4.78, 5) is 0. The van der Waals surface area contributed by atoms with Crippen LogP contribution in [0.25, 0.3) is 0 Å². The van der Waals surface area contributed by atoms with Gasteiger partial charge in [0.05, 0.1) is 0 Å². The van der Waals surface area contributed by atoms with Crippen molar-refractivity contribution in [3.63, 3.8) is 0 Å². The van der Waals surface area contributed by atoms with Gasteiger partial charge in [0.25, 0.3) is 0 Å². The standard InChI is InChI=1S/C14H16N.BrH/c1-12-8-9-15(10-13(12)2)11-14-6-4-3-5-7-14;/h3-10H,11H2,1-2H3;1H/q+1;/p-1. The predicted molar refractivity (Wildman–Crippen MR) is 61.7 cm³/mol. The minimum atomic E-state index is 0. The molecule has 0 amide bonds. The van der Waals surface area contributed by atoms with Gasteiger partial charge in [-0.2, -0.15) is 0 Å². The third-order valence-corrected chi connectivity index (χ3v) is 2.71. The molecule has 0 bridgehead atoms. The van der Waals surface area contributed by atoms with Crippen molar-refractivity contribution in [1.82, 2.24) is 0 Å². The largest absolute Gasteiger partial charge is 1.00 e. The molecule has 2 rings (SSSR count). The molecule has 84 valence electrons. The summed E-state index contributed by atoms with van der Waals surface area (Å²) in [5.41, 5.74) is 4.03. The zero-order chi connectivity index (χ0) is 10.7. The van der Waals surface area contributed by atoms with Gasteiger partial charge in [-0.15, -0.1) is 0 Å². The zero-order valence-electron chi connectivity index (χ0n) is 9.65. The Kier molecular flexibility index (Phi) is 4.69. The highest BCUT2D eigenvalue weighted by atomic mass is 79.9. The maximum absolute atomic E-state index is 2.22. The number of nitrogens with zero attached hydrogens (tertiary/aromatic N) is 1. The molecule has 2 aromatic rings. The van der Waals surface area contributed by atoms with Crippen LogP contribution in [0.15, 0.2) is 48.8 Å². The van der Waals surface area contributed by atoms with Gasteiger partial charge in [-0.3, -0.25) is 0 Å². The van der Waals surface area contributed by atoms with Crippen molar-refractivity contribution in [1.29, 1.82) is 0 Å². The van der Waals surface area contributed by atoms with Crippen molar-refractivity contribution in [2.75, 3.05) is 0 Å². The van der Waals surface area contributed by atoms with Crippen LogP contribution < -0.4 is 21.5 Å². The summed E-state index contributed by atoms with van der Waals surface area (Å²) in [6.07, 6.45) is 4.33. The third kappa shape index (κ3) is 3.17. The molecule has 0 radical (unpaired) electrons. The Bertz CT molecular complexity index is 452. The van der Waals surface area contributed by atoms with E-state index in [2.05, 4.69) is 67.2 Å². The van der Waals surface area contributed by atoms with Crippen LogP contribution in [0.4, 0.5) is 0 Å². The summed E-state index contributed by atoms with van der Waals surface area (Å²) in [6.45, 7) is 5.24. The summed E-state index contributed by atoms with van der Waals surface area (Å²) in [5.74, 6) is 0. The predicted octanol–water partition coefficient (Wildman–Crippen LogP) is -0.357. The van der Waals surface area contributed by atoms with Crippen molar-refractivity contribution < 1.29 is 21.5 Å². The van der Waals surface area contributed by atoms with Gasteiger partial charge in [0.1, 0.15) is 0 Å². The topological polar surface area (TPSA) is 3.88 Å². The molecule has 0 N–H and O–H groups in total. The highest BCUT2D eigenvalue weighted by Crippen LogP contribution is 2.02. The van der Waals surface area contributed by atoms with Crippen LogP contribution in [0.3, 0.4) is 0 Å². The first-order chi connectivity index (χ1) is 7.25. The van der Waals surface area contributed by atoms with Gasteiger partial charge in [-0.25, -0.2) is 4.57 Å². The number of halogens is 1. The second-order valence-electron chi connectivity index (χ2n) is 3.97. The van der Waals surface area contributed by atoms with Crippen LogP contribution in [0.1, 0.15) is 16.7 Å². The quantitative estimate of drug-likeness (QED) is 0.661. The summed E-state index contributed by atoms with van der Waals surface area (Å²) >= 11 is 0. The van der Waals surface area contributed by atoms with E-state index in [1.807, 2.05) is 0 Å². The number of pyridine rings is 1. The van der Waals surface area contributed by atoms with Crippen LogP contribution in [-0.2, 0) is 6.54 Å². The molecule has 0 aliphatic heterocycles. The lowest BCUT2D eigenvalue weighted by Gasteiger charge is -2.00. The number of hydrogen-bond donors (Lipinski definition) is 0. The van der Waals surface area contributed by atoms with E-state index in [4.69, 9.17) is 0 Å². The average Bonchev–Trinajstić information content (AvgIpc) is 2.25. The molecular weight excluding hydrogens is 262 g/mol. The Morgan fingerprint density at radius 3 is 2.25 bits per heavy atom. The van der Waals surface area contributed by atoms with Crippen LogP contribution in [-0.4, -0.2) is 0 Å². The van der Waals surface area contributed by atoms with Crippen LogP contribution in [0.2, 0.25) is 0 Å². The Labute approximate surface area is 108 Å². The normalized spacial score (nSPS) is 9.62. The smallest absolute Gasteiger partial charge is 0.173 e. The van der Waals surface area contributed by atoms with Gasteiger partial charge in [-0.05, 0) is 19.4 Å². The number of aromatic nitrogens is 1. The van der Waals surface area contributed by atoms with Crippen LogP contribution >= 0.6 is 0 Å². The van der Waals surface area contributed by atoms with Gasteiger partial charge in [-0.1, -0.05) is 30.3 Å². The van der Waals surface area contributed by atoms with E-state index >= 15 is 0 Å². The molecule has 1 heterocycles. The SMILES string of the molecule is Cc1cc[n+](Cc2ccccc2)cc1C.[Br-]. The van der Waals surface area contributed by atoms with Gasteiger partial charge in [0, 0.05) is 17.2 Å². The van der Waals surface area contributed by atoms with Crippen molar-refractivity contribution in [2.45, 2.75) is 20.4 Å².